The van der Waals surface area contributed by atoms with E-state index in [1.165, 1.54) is 11.1 Å². The second-order valence-electron chi connectivity index (χ2n) is 15.1. The molecular weight excluding hydrogens is 692 g/mol. The molecule has 1 unspecified atom stereocenters. The van der Waals surface area contributed by atoms with Crippen molar-refractivity contribution in [3.8, 4) is 5.75 Å². The SMILES string of the molecule is CO[C@H]1/C=C/COC(C)(C)C(=O)N=S(=O)(NC(=O)NC2CCOCC2)c2ccc3c(c2)N(C[C@@H]2CC[C@H]21)C[C@@]1(CCCc2cc(Cl)ccc21)CO3. The molecule has 1 saturated carbocycles. The summed E-state index contributed by atoms with van der Waals surface area (Å²) in [5, 5.41) is 3.64. The molecule has 11 nitrogen and oxygen atoms in total. The fourth-order valence-electron chi connectivity index (χ4n) is 8.25. The van der Waals surface area contributed by atoms with Crippen molar-refractivity contribution < 1.29 is 32.7 Å². The number of urea groups is 1. The van der Waals surface area contributed by atoms with Crippen LogP contribution in [-0.2, 0) is 40.8 Å². The number of halogens is 1. The summed E-state index contributed by atoms with van der Waals surface area (Å²) in [6.45, 7) is 6.23. The smallest absolute Gasteiger partial charge is 0.327 e. The van der Waals surface area contributed by atoms with E-state index in [-0.39, 0.29) is 35.0 Å². The predicted molar refractivity (Wildman–Crippen MR) is 196 cm³/mol. The number of aryl methyl sites for hydroxylation is 1. The zero-order valence-electron chi connectivity index (χ0n) is 29.7. The number of fused-ring (bicyclic) bond motifs is 4. The minimum atomic E-state index is -3.84. The van der Waals surface area contributed by atoms with Gasteiger partial charge in [-0.05, 0) is 112 Å². The first-order chi connectivity index (χ1) is 24.5. The van der Waals surface area contributed by atoms with Crippen LogP contribution < -0.4 is 19.7 Å². The molecule has 5 aliphatic rings. The Balaban J connectivity index is 1.33. The van der Waals surface area contributed by atoms with Gasteiger partial charge in [0.25, 0.3) is 5.91 Å². The summed E-state index contributed by atoms with van der Waals surface area (Å²) in [5.41, 5.74) is 1.52. The number of methoxy groups -OCH3 is 1. The van der Waals surface area contributed by atoms with Gasteiger partial charge >= 0.3 is 6.03 Å². The van der Waals surface area contributed by atoms with Crippen molar-refractivity contribution in [2.24, 2.45) is 16.2 Å². The van der Waals surface area contributed by atoms with Crippen LogP contribution in [0.25, 0.3) is 0 Å². The van der Waals surface area contributed by atoms with Crippen molar-refractivity contribution >= 4 is 39.1 Å². The van der Waals surface area contributed by atoms with E-state index in [0.29, 0.717) is 50.9 Å². The Morgan fingerprint density at radius 2 is 1.94 bits per heavy atom. The molecule has 2 aromatic rings. The van der Waals surface area contributed by atoms with Gasteiger partial charge in [0.15, 0.2) is 9.92 Å². The number of carbonyl (C=O) groups is 2. The molecule has 1 spiro atoms. The minimum absolute atomic E-state index is 0.110. The summed E-state index contributed by atoms with van der Waals surface area (Å²) in [7, 11) is -2.11. The van der Waals surface area contributed by atoms with Crippen LogP contribution in [0.15, 0.2) is 57.8 Å². The second-order valence-corrected chi connectivity index (χ2v) is 17.4. The maximum Gasteiger partial charge on any atom is 0.327 e. The van der Waals surface area contributed by atoms with Crippen molar-refractivity contribution in [2.75, 3.05) is 51.5 Å². The number of nitrogens with one attached hydrogen (secondary N) is 2. The number of carbonyl (C=O) groups excluding carboxylic acids is 2. The predicted octanol–water partition coefficient (Wildman–Crippen LogP) is 5.97. The van der Waals surface area contributed by atoms with Crippen LogP contribution in [0.4, 0.5) is 10.5 Å². The van der Waals surface area contributed by atoms with Crippen LogP contribution in [0.3, 0.4) is 0 Å². The van der Waals surface area contributed by atoms with E-state index in [1.54, 1.807) is 39.2 Å². The van der Waals surface area contributed by atoms with E-state index in [0.717, 1.165) is 49.4 Å². The minimum Gasteiger partial charge on any atom is -0.490 e. The molecule has 7 rings (SSSR count). The van der Waals surface area contributed by atoms with Gasteiger partial charge in [-0.25, -0.2) is 13.7 Å². The highest BCUT2D eigenvalue weighted by molar-refractivity contribution is 7.92. The maximum atomic E-state index is 15.0. The van der Waals surface area contributed by atoms with Crippen molar-refractivity contribution in [3.05, 3.63) is 64.7 Å². The maximum absolute atomic E-state index is 15.0. The van der Waals surface area contributed by atoms with E-state index in [2.05, 4.69) is 31.4 Å². The van der Waals surface area contributed by atoms with Crippen molar-refractivity contribution in [1.29, 1.82) is 0 Å². The number of ether oxygens (including phenoxy) is 4. The fraction of sp³-hybridized carbons (Fsp3) is 0.579. The van der Waals surface area contributed by atoms with Crippen molar-refractivity contribution in [1.82, 2.24) is 10.0 Å². The summed E-state index contributed by atoms with van der Waals surface area (Å²) in [5.74, 6) is 0.512. The molecule has 5 atom stereocenters. The van der Waals surface area contributed by atoms with Gasteiger partial charge in [-0.15, -0.1) is 4.36 Å². The molecule has 3 heterocycles. The lowest BCUT2D eigenvalue weighted by atomic mass is 9.68. The molecule has 0 radical (unpaired) electrons. The monoisotopic (exact) mass is 740 g/mol. The number of hydrogen-bond donors (Lipinski definition) is 2. The lowest BCUT2D eigenvalue weighted by molar-refractivity contribution is -0.137. The van der Waals surface area contributed by atoms with E-state index >= 15 is 4.21 Å². The largest absolute Gasteiger partial charge is 0.490 e. The molecule has 13 heteroatoms. The molecule has 2 aromatic carbocycles. The van der Waals surface area contributed by atoms with Gasteiger partial charge in [-0.1, -0.05) is 29.8 Å². The van der Waals surface area contributed by atoms with E-state index in [4.69, 9.17) is 30.5 Å². The normalized spacial score (nSPS) is 31.5. The van der Waals surface area contributed by atoms with Crippen LogP contribution in [0, 0.1) is 11.8 Å². The molecular formula is C38H49ClN4O7S. The summed E-state index contributed by atoms with van der Waals surface area (Å²) >= 11 is 6.47. The van der Waals surface area contributed by atoms with Gasteiger partial charge in [0.05, 0.1) is 29.9 Å². The first-order valence-electron chi connectivity index (χ1n) is 18.1. The number of nitrogens with zero attached hydrogens (tertiary/aromatic N) is 2. The Morgan fingerprint density at radius 3 is 2.71 bits per heavy atom. The van der Waals surface area contributed by atoms with Gasteiger partial charge in [0.2, 0.25) is 0 Å². The van der Waals surface area contributed by atoms with Gasteiger partial charge in [-0.2, -0.15) is 0 Å². The fourth-order valence-corrected chi connectivity index (χ4v) is 10.0. The Kier molecular flexibility index (Phi) is 10.4. The third-order valence-corrected chi connectivity index (χ3v) is 13.3. The van der Waals surface area contributed by atoms with E-state index in [1.807, 2.05) is 18.2 Å². The second kappa shape index (κ2) is 14.7. The zero-order valence-corrected chi connectivity index (χ0v) is 31.2. The summed E-state index contributed by atoms with van der Waals surface area (Å²) < 4.78 is 46.0. The number of hydrogen-bond acceptors (Lipinski definition) is 8. The Hall–Kier alpha value is -3.16. The van der Waals surface area contributed by atoms with Crippen LogP contribution in [0.2, 0.25) is 5.02 Å². The Bertz CT molecular complexity index is 1800. The first kappa shape index (κ1) is 36.2. The third kappa shape index (κ3) is 7.53. The van der Waals surface area contributed by atoms with Crippen LogP contribution in [0.5, 0.6) is 5.75 Å². The topological polar surface area (TPSA) is 128 Å². The molecule has 276 valence electrons. The van der Waals surface area contributed by atoms with Crippen LogP contribution in [-0.4, -0.2) is 80.5 Å². The first-order valence-corrected chi connectivity index (χ1v) is 20.0. The standard InChI is InChI=1S/C38H49ClN4O7S/c1-37(2)35(44)41-51(46,42-36(45)40-28-14-18-48-19-15-28)29-10-13-34-32(21-29)43(22-26-8-11-30(26)33(47-3)7-5-17-50-37)23-38(24-49-34)16-4-6-25-20-27(39)9-12-31(25)38/h5,7,9-10,12-13,20-21,26,28,30,33H,4,6,8,11,14-19,22-24H2,1-3H3,(H2,40,41,42,44,45,46)/b7-5+/t26-,30+,33-,38-,51?/m0/s1. The lowest BCUT2D eigenvalue weighted by Gasteiger charge is -2.46. The highest BCUT2D eigenvalue weighted by Crippen LogP contribution is 2.47. The van der Waals surface area contributed by atoms with E-state index < -0.39 is 27.5 Å². The molecule has 2 N–H and O–H groups in total. The number of anilines is 1. The van der Waals surface area contributed by atoms with E-state index in [9.17, 15) is 9.59 Å². The molecule has 51 heavy (non-hydrogen) atoms. The summed E-state index contributed by atoms with van der Waals surface area (Å²) in [6.07, 6.45) is 10.0. The average molecular weight is 741 g/mol. The number of amides is 3. The lowest BCUT2D eigenvalue weighted by Crippen LogP contribution is -2.49. The number of rotatable bonds is 3. The highest BCUT2D eigenvalue weighted by atomic mass is 35.5. The molecule has 0 aromatic heterocycles. The third-order valence-electron chi connectivity index (χ3n) is 11.3. The molecule has 2 fully saturated rings. The molecule has 2 bridgehead atoms. The van der Waals surface area contributed by atoms with Gasteiger partial charge in [0.1, 0.15) is 11.4 Å². The zero-order chi connectivity index (χ0) is 35.8. The van der Waals surface area contributed by atoms with Crippen LogP contribution in [0.1, 0.15) is 63.5 Å². The van der Waals surface area contributed by atoms with Gasteiger partial charge in [-0.3, -0.25) is 4.79 Å². The summed E-state index contributed by atoms with van der Waals surface area (Å²) in [4.78, 5) is 29.8. The van der Waals surface area contributed by atoms with Gasteiger partial charge in [0, 0.05) is 49.9 Å². The Labute approximate surface area is 306 Å². The van der Waals surface area contributed by atoms with Crippen molar-refractivity contribution in [2.45, 2.75) is 86.9 Å². The van der Waals surface area contributed by atoms with Crippen LogP contribution >= 0.6 is 11.6 Å². The molecule has 3 aliphatic heterocycles. The van der Waals surface area contributed by atoms with Crippen molar-refractivity contribution in [3.63, 3.8) is 0 Å². The molecule has 2 aliphatic carbocycles. The quantitative estimate of drug-likeness (QED) is 0.369. The highest BCUT2D eigenvalue weighted by Gasteiger charge is 2.45. The molecule has 3 amide bonds. The summed E-state index contributed by atoms with van der Waals surface area (Å²) in [6, 6.07) is 10.6. The Morgan fingerprint density at radius 1 is 1.12 bits per heavy atom. The number of benzene rings is 2. The molecule has 1 saturated heterocycles. The van der Waals surface area contributed by atoms with Gasteiger partial charge < -0.3 is 29.2 Å². The average Bonchev–Trinajstić information content (AvgIpc) is 3.24.